The van der Waals surface area contributed by atoms with Crippen LogP contribution in [0.5, 0.6) is 0 Å². The summed E-state index contributed by atoms with van der Waals surface area (Å²) >= 11 is 0. The molecular formula is C16H20N4O. The van der Waals surface area contributed by atoms with Gasteiger partial charge in [0.05, 0.1) is 18.5 Å². The molecule has 2 aromatic heterocycles. The predicted octanol–water partition coefficient (Wildman–Crippen LogP) is 2.57. The molecule has 2 fully saturated rings. The zero-order chi connectivity index (χ0) is 14.2. The van der Waals surface area contributed by atoms with Crippen molar-refractivity contribution in [2.24, 2.45) is 0 Å². The lowest BCUT2D eigenvalue weighted by atomic mass is 10.1. The fourth-order valence-electron chi connectivity index (χ4n) is 2.89. The van der Waals surface area contributed by atoms with E-state index in [2.05, 4.69) is 21.9 Å². The number of fused-ring (bicyclic) bond motifs is 1. The molecule has 1 saturated carbocycles. The average molecular weight is 284 g/mol. The number of aromatic amines is 1. The zero-order valence-corrected chi connectivity index (χ0v) is 12.1. The zero-order valence-electron chi connectivity index (χ0n) is 12.1. The highest BCUT2D eigenvalue weighted by Crippen LogP contribution is 2.39. The first-order chi connectivity index (χ1) is 10.3. The van der Waals surface area contributed by atoms with Crippen molar-refractivity contribution in [1.82, 2.24) is 20.3 Å². The molecule has 2 aromatic rings. The second-order valence-corrected chi connectivity index (χ2v) is 6.01. The van der Waals surface area contributed by atoms with Crippen LogP contribution in [0.2, 0.25) is 0 Å². The second kappa shape index (κ2) is 5.15. The first kappa shape index (κ1) is 12.8. The molecule has 5 nitrogen and oxygen atoms in total. The smallest absolute Gasteiger partial charge is 0.156 e. The van der Waals surface area contributed by atoms with Crippen LogP contribution in [0.3, 0.4) is 0 Å². The molecule has 1 saturated heterocycles. The molecule has 1 atom stereocenters. The van der Waals surface area contributed by atoms with Gasteiger partial charge in [0.25, 0.3) is 0 Å². The third-order valence-electron chi connectivity index (χ3n) is 4.26. The summed E-state index contributed by atoms with van der Waals surface area (Å²) in [5, 5.41) is 3.47. The summed E-state index contributed by atoms with van der Waals surface area (Å²) in [6.07, 6.45) is 8.54. The van der Waals surface area contributed by atoms with Crippen LogP contribution in [0.1, 0.15) is 42.9 Å². The molecule has 0 amide bonds. The maximum atomic E-state index is 5.51. The number of H-pyrrole nitrogens is 1. The van der Waals surface area contributed by atoms with E-state index in [0.717, 1.165) is 54.2 Å². The molecule has 5 heteroatoms. The van der Waals surface area contributed by atoms with E-state index in [9.17, 15) is 0 Å². The van der Waals surface area contributed by atoms with Gasteiger partial charge in [0.2, 0.25) is 0 Å². The van der Waals surface area contributed by atoms with Gasteiger partial charge in [-0.05, 0) is 25.7 Å². The van der Waals surface area contributed by atoms with Crippen molar-refractivity contribution < 1.29 is 4.74 Å². The lowest BCUT2D eigenvalue weighted by Gasteiger charge is -2.24. The van der Waals surface area contributed by atoms with Crippen LogP contribution in [0.4, 0.5) is 0 Å². The molecule has 0 bridgehead atoms. The molecule has 2 aliphatic rings. The van der Waals surface area contributed by atoms with Crippen LogP contribution in [0, 0.1) is 0 Å². The van der Waals surface area contributed by atoms with Crippen LogP contribution in [-0.2, 0) is 4.74 Å². The molecule has 0 aromatic carbocycles. The van der Waals surface area contributed by atoms with E-state index in [4.69, 9.17) is 9.72 Å². The van der Waals surface area contributed by atoms with E-state index < -0.39 is 0 Å². The monoisotopic (exact) mass is 284 g/mol. The number of nitrogens with one attached hydrogen (secondary N) is 2. The SMILES string of the molecule is C=C(NC1CCCOC1)c1c[nH]c2ncc(C3CC3)nc12. The number of hydrogen-bond acceptors (Lipinski definition) is 4. The summed E-state index contributed by atoms with van der Waals surface area (Å²) in [5.41, 5.74) is 4.78. The summed E-state index contributed by atoms with van der Waals surface area (Å²) in [4.78, 5) is 12.5. The van der Waals surface area contributed by atoms with Crippen molar-refractivity contribution in [2.75, 3.05) is 13.2 Å². The van der Waals surface area contributed by atoms with E-state index >= 15 is 0 Å². The minimum atomic E-state index is 0.343. The Bertz CT molecular complexity index is 668. The molecule has 110 valence electrons. The van der Waals surface area contributed by atoms with Gasteiger partial charge in [0.15, 0.2) is 5.65 Å². The van der Waals surface area contributed by atoms with E-state index in [-0.39, 0.29) is 0 Å². The molecule has 21 heavy (non-hydrogen) atoms. The molecule has 1 aliphatic heterocycles. The summed E-state index contributed by atoms with van der Waals surface area (Å²) in [6.45, 7) is 5.80. The Morgan fingerprint density at radius 2 is 2.29 bits per heavy atom. The van der Waals surface area contributed by atoms with Gasteiger partial charge >= 0.3 is 0 Å². The molecule has 2 N–H and O–H groups in total. The summed E-state index contributed by atoms with van der Waals surface area (Å²) in [6, 6.07) is 0.343. The lowest BCUT2D eigenvalue weighted by Crippen LogP contribution is -2.35. The summed E-state index contributed by atoms with van der Waals surface area (Å²) in [5.74, 6) is 0.609. The third kappa shape index (κ3) is 2.53. The number of rotatable bonds is 4. The summed E-state index contributed by atoms with van der Waals surface area (Å²) < 4.78 is 5.51. The van der Waals surface area contributed by atoms with Gasteiger partial charge in [-0.1, -0.05) is 6.58 Å². The Morgan fingerprint density at radius 1 is 1.38 bits per heavy atom. The van der Waals surface area contributed by atoms with Crippen molar-refractivity contribution in [1.29, 1.82) is 0 Å². The maximum absolute atomic E-state index is 5.51. The van der Waals surface area contributed by atoms with E-state index in [1.54, 1.807) is 0 Å². The maximum Gasteiger partial charge on any atom is 0.156 e. The molecular weight excluding hydrogens is 264 g/mol. The molecule has 0 spiro atoms. The number of ether oxygens (including phenoxy) is 1. The van der Waals surface area contributed by atoms with Gasteiger partial charge in [0, 0.05) is 36.0 Å². The summed E-state index contributed by atoms with van der Waals surface area (Å²) in [7, 11) is 0. The van der Waals surface area contributed by atoms with Crippen molar-refractivity contribution in [3.63, 3.8) is 0 Å². The van der Waals surface area contributed by atoms with E-state index in [1.165, 1.54) is 12.8 Å². The highest BCUT2D eigenvalue weighted by molar-refractivity contribution is 5.86. The van der Waals surface area contributed by atoms with Gasteiger partial charge in [-0.25, -0.2) is 9.97 Å². The molecule has 4 rings (SSSR count). The van der Waals surface area contributed by atoms with Crippen LogP contribution < -0.4 is 5.32 Å². The normalized spacial score (nSPS) is 22.4. The van der Waals surface area contributed by atoms with Crippen molar-refractivity contribution >= 4 is 16.9 Å². The predicted molar refractivity (Wildman–Crippen MR) is 81.9 cm³/mol. The van der Waals surface area contributed by atoms with Crippen molar-refractivity contribution in [2.45, 2.75) is 37.6 Å². The lowest BCUT2D eigenvalue weighted by molar-refractivity contribution is 0.0756. The first-order valence-corrected chi connectivity index (χ1v) is 7.69. The van der Waals surface area contributed by atoms with E-state index in [1.807, 2.05) is 12.4 Å². The Labute approximate surface area is 123 Å². The fourth-order valence-corrected chi connectivity index (χ4v) is 2.89. The van der Waals surface area contributed by atoms with Crippen LogP contribution in [0.25, 0.3) is 16.9 Å². The largest absolute Gasteiger partial charge is 0.380 e. The topological polar surface area (TPSA) is 62.8 Å². The minimum Gasteiger partial charge on any atom is -0.380 e. The minimum absolute atomic E-state index is 0.343. The van der Waals surface area contributed by atoms with Crippen LogP contribution >= 0.6 is 0 Å². The molecule has 1 unspecified atom stereocenters. The van der Waals surface area contributed by atoms with Crippen molar-refractivity contribution in [3.8, 4) is 0 Å². The molecule has 1 aliphatic carbocycles. The van der Waals surface area contributed by atoms with Crippen molar-refractivity contribution in [3.05, 3.63) is 30.2 Å². The van der Waals surface area contributed by atoms with Gasteiger partial charge in [-0.3, -0.25) is 0 Å². The Balaban J connectivity index is 1.59. The van der Waals surface area contributed by atoms with Crippen LogP contribution in [0.15, 0.2) is 19.0 Å². The number of aromatic nitrogens is 3. The highest BCUT2D eigenvalue weighted by Gasteiger charge is 2.26. The second-order valence-electron chi connectivity index (χ2n) is 6.01. The standard InChI is InChI=1S/C16H20N4O/c1-10(19-12-3-2-6-21-9-12)13-7-17-16-15(13)20-14(8-18-16)11-4-5-11/h7-8,11-12,19H,1-6,9H2,(H,17,18). The highest BCUT2D eigenvalue weighted by atomic mass is 16.5. The third-order valence-corrected chi connectivity index (χ3v) is 4.26. The number of nitrogens with zero attached hydrogens (tertiary/aromatic N) is 2. The van der Waals surface area contributed by atoms with Gasteiger partial charge in [0.1, 0.15) is 5.52 Å². The molecule has 0 radical (unpaired) electrons. The Hall–Kier alpha value is -1.88. The van der Waals surface area contributed by atoms with E-state index in [0.29, 0.717) is 12.0 Å². The Morgan fingerprint density at radius 3 is 3.05 bits per heavy atom. The fraction of sp³-hybridized carbons (Fsp3) is 0.500. The Kier molecular flexibility index (Phi) is 3.15. The first-order valence-electron chi connectivity index (χ1n) is 7.69. The van der Waals surface area contributed by atoms with Gasteiger partial charge in [-0.2, -0.15) is 0 Å². The molecule has 3 heterocycles. The van der Waals surface area contributed by atoms with Crippen LogP contribution in [-0.4, -0.2) is 34.2 Å². The van der Waals surface area contributed by atoms with Gasteiger partial charge < -0.3 is 15.0 Å². The average Bonchev–Trinajstić information content (AvgIpc) is 3.27. The quantitative estimate of drug-likeness (QED) is 0.906. The van der Waals surface area contributed by atoms with Gasteiger partial charge in [-0.15, -0.1) is 0 Å². The number of hydrogen-bond donors (Lipinski definition) is 2.